The fourth-order valence-corrected chi connectivity index (χ4v) is 2.93. The Hall–Kier alpha value is -1.86. The van der Waals surface area contributed by atoms with Crippen molar-refractivity contribution in [1.82, 2.24) is 4.90 Å². The number of carbonyl (C=O) groups is 2. The summed E-state index contributed by atoms with van der Waals surface area (Å²) in [7, 11) is -0.602. The van der Waals surface area contributed by atoms with E-state index >= 15 is 0 Å². The lowest BCUT2D eigenvalue weighted by Gasteiger charge is -2.32. The van der Waals surface area contributed by atoms with E-state index in [0.29, 0.717) is 24.1 Å². The highest BCUT2D eigenvalue weighted by molar-refractivity contribution is 6.62. The Kier molecular flexibility index (Phi) is 6.37. The molecule has 1 aliphatic rings. The van der Waals surface area contributed by atoms with Crippen LogP contribution in [0, 0.1) is 0 Å². The van der Waals surface area contributed by atoms with Gasteiger partial charge in [0.25, 0.3) is 5.91 Å². The number of hydrogen-bond acceptors (Lipinski definition) is 5. The van der Waals surface area contributed by atoms with E-state index in [0.717, 1.165) is 0 Å². The summed E-state index contributed by atoms with van der Waals surface area (Å²) in [4.78, 5) is 27.0. The predicted octanol–water partition coefficient (Wildman–Crippen LogP) is 2.64. The number of ether oxygens (including phenoxy) is 1. The normalized spacial score (nSPS) is 17.7. The van der Waals surface area contributed by atoms with Crippen LogP contribution in [0.25, 0.3) is 0 Å². The van der Waals surface area contributed by atoms with Crippen molar-refractivity contribution in [3.63, 3.8) is 0 Å². The lowest BCUT2D eigenvalue weighted by molar-refractivity contribution is 0.00578. The number of rotatable bonds is 6. The van der Waals surface area contributed by atoms with Crippen LogP contribution < -0.4 is 5.46 Å². The lowest BCUT2D eigenvalue weighted by Crippen LogP contribution is -2.41. The largest absolute Gasteiger partial charge is 0.494 e. The Balaban J connectivity index is 2.47. The number of amides is 1. The molecule has 1 aromatic carbocycles. The minimum atomic E-state index is -0.602. The van der Waals surface area contributed by atoms with E-state index in [1.165, 1.54) is 0 Å². The van der Waals surface area contributed by atoms with Crippen LogP contribution >= 0.6 is 0 Å². The van der Waals surface area contributed by atoms with Crippen LogP contribution in [-0.4, -0.2) is 54.8 Å². The van der Waals surface area contributed by atoms with Crippen LogP contribution in [0.1, 0.15) is 69.2 Å². The minimum absolute atomic E-state index is 0.207. The summed E-state index contributed by atoms with van der Waals surface area (Å²) in [5, 5.41) is 0. The smallest absolute Gasteiger partial charge is 0.462 e. The molecule has 0 unspecified atom stereocenters. The molecule has 0 aromatic heterocycles. The van der Waals surface area contributed by atoms with Crippen molar-refractivity contribution in [1.29, 1.82) is 0 Å². The average Bonchev–Trinajstić information content (AvgIpc) is 2.83. The topological polar surface area (TPSA) is 65.1 Å². The molecule has 1 saturated heterocycles. The van der Waals surface area contributed by atoms with Gasteiger partial charge in [0.15, 0.2) is 0 Å². The molecule has 7 heteroatoms. The molecule has 148 valence electrons. The molecule has 1 aliphatic heterocycles. The van der Waals surface area contributed by atoms with Gasteiger partial charge < -0.3 is 18.9 Å². The Morgan fingerprint density at radius 3 is 2.04 bits per heavy atom. The standard InChI is InChI=1S/C20H30BNO5/c1-8-22(9-2)17(23)16-13-14(11-12-15(16)18(24)25-10-3)21-26-19(4,5)20(6,7)27-21/h11-13H,8-10H2,1-7H3. The molecule has 1 heterocycles. The molecule has 0 spiro atoms. The van der Waals surface area contributed by atoms with Crippen LogP contribution in [0.15, 0.2) is 18.2 Å². The third-order valence-corrected chi connectivity index (χ3v) is 5.35. The van der Waals surface area contributed by atoms with E-state index < -0.39 is 24.3 Å². The van der Waals surface area contributed by atoms with E-state index in [4.69, 9.17) is 14.0 Å². The van der Waals surface area contributed by atoms with Gasteiger partial charge in [0.05, 0.1) is 28.9 Å². The summed E-state index contributed by atoms with van der Waals surface area (Å²) in [6.45, 7) is 14.8. The Morgan fingerprint density at radius 1 is 1.00 bits per heavy atom. The monoisotopic (exact) mass is 375 g/mol. The molecule has 1 aromatic rings. The van der Waals surface area contributed by atoms with Crippen molar-refractivity contribution < 1.29 is 23.6 Å². The van der Waals surface area contributed by atoms with Crippen LogP contribution in [0.2, 0.25) is 0 Å². The maximum absolute atomic E-state index is 13.0. The zero-order valence-electron chi connectivity index (χ0n) is 17.4. The van der Waals surface area contributed by atoms with E-state index in [-0.39, 0.29) is 18.1 Å². The van der Waals surface area contributed by atoms with Crippen LogP contribution in [0.4, 0.5) is 0 Å². The molecule has 0 aliphatic carbocycles. The second-order valence-electron chi connectivity index (χ2n) is 7.59. The molecule has 27 heavy (non-hydrogen) atoms. The fourth-order valence-electron chi connectivity index (χ4n) is 2.93. The number of nitrogens with zero attached hydrogens (tertiary/aromatic N) is 1. The summed E-state index contributed by atoms with van der Waals surface area (Å²) in [6, 6.07) is 5.07. The summed E-state index contributed by atoms with van der Waals surface area (Å²) >= 11 is 0. The summed E-state index contributed by atoms with van der Waals surface area (Å²) < 4.78 is 17.3. The van der Waals surface area contributed by atoms with Crippen molar-refractivity contribution >= 4 is 24.5 Å². The maximum Gasteiger partial charge on any atom is 0.494 e. The maximum atomic E-state index is 13.0. The molecule has 0 N–H and O–H groups in total. The lowest BCUT2D eigenvalue weighted by atomic mass is 9.77. The van der Waals surface area contributed by atoms with Crippen LogP contribution in [0.5, 0.6) is 0 Å². The first kappa shape index (κ1) is 21.4. The van der Waals surface area contributed by atoms with E-state index in [9.17, 15) is 9.59 Å². The average molecular weight is 375 g/mol. The van der Waals surface area contributed by atoms with Gasteiger partial charge in [-0.25, -0.2) is 4.79 Å². The predicted molar refractivity (Wildman–Crippen MR) is 105 cm³/mol. The number of hydrogen-bond donors (Lipinski definition) is 0. The Labute approximate surface area is 162 Å². The summed E-state index contributed by atoms with van der Waals surface area (Å²) in [5.41, 5.74) is 0.303. The fraction of sp³-hybridized carbons (Fsp3) is 0.600. The molecule has 0 atom stereocenters. The highest BCUT2D eigenvalue weighted by Crippen LogP contribution is 2.36. The first-order valence-corrected chi connectivity index (χ1v) is 9.53. The van der Waals surface area contributed by atoms with Gasteiger partial charge in [-0.05, 0) is 66.1 Å². The van der Waals surface area contributed by atoms with E-state index in [2.05, 4.69) is 0 Å². The molecule has 0 saturated carbocycles. The molecule has 1 fully saturated rings. The van der Waals surface area contributed by atoms with Gasteiger partial charge >= 0.3 is 13.1 Å². The molecule has 1 amide bonds. The number of benzene rings is 1. The zero-order valence-corrected chi connectivity index (χ0v) is 17.4. The van der Waals surface area contributed by atoms with Crippen molar-refractivity contribution in [2.24, 2.45) is 0 Å². The van der Waals surface area contributed by atoms with Gasteiger partial charge in [0, 0.05) is 13.1 Å². The Morgan fingerprint density at radius 2 is 1.56 bits per heavy atom. The van der Waals surface area contributed by atoms with Crippen molar-refractivity contribution in [3.8, 4) is 0 Å². The molecule has 0 bridgehead atoms. The third kappa shape index (κ3) is 4.19. The van der Waals surface area contributed by atoms with Gasteiger partial charge in [-0.3, -0.25) is 4.79 Å². The SMILES string of the molecule is CCOC(=O)c1ccc(B2OC(C)(C)C(C)(C)O2)cc1C(=O)N(CC)CC. The first-order chi connectivity index (χ1) is 12.6. The van der Waals surface area contributed by atoms with Gasteiger partial charge in [0.2, 0.25) is 0 Å². The third-order valence-electron chi connectivity index (χ3n) is 5.35. The first-order valence-electron chi connectivity index (χ1n) is 9.53. The summed E-state index contributed by atoms with van der Waals surface area (Å²) in [5.74, 6) is -0.713. The summed E-state index contributed by atoms with van der Waals surface area (Å²) in [6.07, 6.45) is 0. The number of carbonyl (C=O) groups excluding carboxylic acids is 2. The Bertz CT molecular complexity index is 696. The second-order valence-corrected chi connectivity index (χ2v) is 7.59. The minimum Gasteiger partial charge on any atom is -0.462 e. The van der Waals surface area contributed by atoms with Crippen molar-refractivity contribution in [3.05, 3.63) is 29.3 Å². The molecule has 0 radical (unpaired) electrons. The van der Waals surface area contributed by atoms with Crippen molar-refractivity contribution in [2.75, 3.05) is 19.7 Å². The second kappa shape index (κ2) is 8.03. The van der Waals surface area contributed by atoms with Crippen LogP contribution in [-0.2, 0) is 14.0 Å². The van der Waals surface area contributed by atoms with E-state index in [1.807, 2.05) is 41.5 Å². The van der Waals surface area contributed by atoms with E-state index in [1.54, 1.807) is 30.0 Å². The highest BCUT2D eigenvalue weighted by atomic mass is 16.7. The number of esters is 1. The highest BCUT2D eigenvalue weighted by Gasteiger charge is 2.51. The quantitative estimate of drug-likeness (QED) is 0.565. The van der Waals surface area contributed by atoms with Gasteiger partial charge in [-0.15, -0.1) is 0 Å². The molecular weight excluding hydrogens is 345 g/mol. The van der Waals surface area contributed by atoms with Crippen LogP contribution in [0.3, 0.4) is 0 Å². The zero-order chi connectivity index (χ0) is 20.4. The molecule has 6 nitrogen and oxygen atoms in total. The van der Waals surface area contributed by atoms with Gasteiger partial charge in [-0.1, -0.05) is 6.07 Å². The molecule has 2 rings (SSSR count). The molecular formula is C20H30BNO5. The van der Waals surface area contributed by atoms with Gasteiger partial charge in [-0.2, -0.15) is 0 Å². The van der Waals surface area contributed by atoms with Crippen molar-refractivity contribution in [2.45, 2.75) is 59.7 Å². The van der Waals surface area contributed by atoms with Gasteiger partial charge in [0.1, 0.15) is 0 Å².